The van der Waals surface area contributed by atoms with Crippen LogP contribution in [0.2, 0.25) is 18.1 Å². The van der Waals surface area contributed by atoms with Gasteiger partial charge in [-0.1, -0.05) is 20.8 Å². The van der Waals surface area contributed by atoms with Gasteiger partial charge in [-0.25, -0.2) is 18.9 Å². The van der Waals surface area contributed by atoms with Crippen LogP contribution in [0.25, 0.3) is 22.5 Å². The van der Waals surface area contributed by atoms with E-state index < -0.39 is 26.3 Å². The van der Waals surface area contributed by atoms with Gasteiger partial charge in [-0.2, -0.15) is 10.2 Å². The van der Waals surface area contributed by atoms with Crippen molar-refractivity contribution in [2.45, 2.75) is 77.0 Å². The van der Waals surface area contributed by atoms with E-state index in [9.17, 15) is 4.79 Å². The van der Waals surface area contributed by atoms with Gasteiger partial charge >= 0.3 is 6.09 Å². The molecule has 0 saturated carbocycles. The maximum Gasteiger partial charge on any atom is 0.404 e. The summed E-state index contributed by atoms with van der Waals surface area (Å²) < 4.78 is 41.8. The van der Waals surface area contributed by atoms with Gasteiger partial charge in [0.1, 0.15) is 11.9 Å². The zero-order valence-corrected chi connectivity index (χ0v) is 27.4. The predicted octanol–water partition coefficient (Wildman–Crippen LogP) is 6.92. The molecule has 0 radical (unpaired) electrons. The lowest BCUT2D eigenvalue weighted by molar-refractivity contribution is -0.0383. The number of hydrogen-bond acceptors (Lipinski definition) is 8. The second kappa shape index (κ2) is 13.5. The molecule has 1 amide bonds. The van der Waals surface area contributed by atoms with Crippen LogP contribution in [0.15, 0.2) is 61.1 Å². The fraction of sp³-hybridized carbons (Fsp3) is 0.438. The second-order valence-corrected chi connectivity index (χ2v) is 17.5. The molecule has 1 aliphatic rings. The smallest absolute Gasteiger partial charge is 0.404 e. The topological polar surface area (TPSA) is 129 Å². The Bertz CT molecular complexity index is 1590. The summed E-state index contributed by atoms with van der Waals surface area (Å²) in [6, 6.07) is 12.2. The SMILES string of the molecule is CC(C)(C)[Si](C)(C)OCC(Cn1ccc(-c2ccc(Oc3ncc(-c4ccnn4C4CCCCO4)cc3F)cc2)n1)OC(N)=O. The Balaban J connectivity index is 1.22. The fourth-order valence-corrected chi connectivity index (χ4v) is 5.80. The zero-order chi connectivity index (χ0) is 32.2. The van der Waals surface area contributed by atoms with Gasteiger partial charge in [0.15, 0.2) is 20.4 Å². The minimum Gasteiger partial charge on any atom is -0.442 e. The summed E-state index contributed by atoms with van der Waals surface area (Å²) >= 11 is 0. The van der Waals surface area contributed by atoms with E-state index in [1.54, 1.807) is 40.1 Å². The van der Waals surface area contributed by atoms with E-state index in [2.05, 4.69) is 49.0 Å². The Labute approximate surface area is 263 Å². The third-order valence-electron chi connectivity index (χ3n) is 8.32. The van der Waals surface area contributed by atoms with E-state index in [0.717, 1.165) is 30.5 Å². The molecule has 13 heteroatoms. The molecule has 1 aliphatic heterocycles. The number of benzene rings is 1. The first-order chi connectivity index (χ1) is 21.4. The van der Waals surface area contributed by atoms with Gasteiger partial charge in [0.25, 0.3) is 5.88 Å². The number of carbonyl (C=O) groups excluding carboxylic acids is 1. The van der Waals surface area contributed by atoms with Crippen molar-refractivity contribution in [1.82, 2.24) is 24.5 Å². The fourth-order valence-electron chi connectivity index (χ4n) is 4.77. The van der Waals surface area contributed by atoms with Gasteiger partial charge in [-0.15, -0.1) is 0 Å². The summed E-state index contributed by atoms with van der Waals surface area (Å²) in [4.78, 5) is 15.8. The van der Waals surface area contributed by atoms with Gasteiger partial charge in [0.05, 0.1) is 24.5 Å². The van der Waals surface area contributed by atoms with Crippen molar-refractivity contribution in [1.29, 1.82) is 0 Å². The number of nitrogens with zero attached hydrogens (tertiary/aromatic N) is 5. The highest BCUT2D eigenvalue weighted by Gasteiger charge is 2.38. The highest BCUT2D eigenvalue weighted by Crippen LogP contribution is 2.37. The molecule has 45 heavy (non-hydrogen) atoms. The Kier molecular flexibility index (Phi) is 9.70. The molecule has 3 aromatic heterocycles. The summed E-state index contributed by atoms with van der Waals surface area (Å²) in [5.74, 6) is -0.287. The van der Waals surface area contributed by atoms with E-state index in [1.807, 2.05) is 24.3 Å². The van der Waals surface area contributed by atoms with Crippen molar-refractivity contribution in [2.24, 2.45) is 5.73 Å². The Hall–Kier alpha value is -4.07. The van der Waals surface area contributed by atoms with Crippen LogP contribution < -0.4 is 10.5 Å². The largest absolute Gasteiger partial charge is 0.442 e. The summed E-state index contributed by atoms with van der Waals surface area (Å²) in [5.41, 5.74) is 8.19. The molecule has 0 aliphatic carbocycles. The molecule has 4 aromatic rings. The number of hydrogen-bond donors (Lipinski definition) is 1. The van der Waals surface area contributed by atoms with Crippen molar-refractivity contribution in [2.75, 3.05) is 13.2 Å². The average molecular weight is 637 g/mol. The van der Waals surface area contributed by atoms with Crippen LogP contribution in [0.1, 0.15) is 46.3 Å². The summed E-state index contributed by atoms with van der Waals surface area (Å²) in [5, 5.41) is 9.04. The number of primary amides is 1. The molecular weight excluding hydrogens is 595 g/mol. The van der Waals surface area contributed by atoms with Gasteiger partial charge in [-0.3, -0.25) is 4.68 Å². The molecular formula is C32H41FN6O5Si. The van der Waals surface area contributed by atoms with Gasteiger partial charge < -0.3 is 24.4 Å². The normalized spacial score (nSPS) is 16.4. The number of pyridine rings is 1. The van der Waals surface area contributed by atoms with Crippen LogP contribution >= 0.6 is 0 Å². The monoisotopic (exact) mass is 636 g/mol. The summed E-state index contributed by atoms with van der Waals surface area (Å²) in [6.45, 7) is 11.9. The van der Waals surface area contributed by atoms with Crippen molar-refractivity contribution in [3.8, 4) is 34.1 Å². The first-order valence-electron chi connectivity index (χ1n) is 15.1. The minimum atomic E-state index is -2.05. The summed E-state index contributed by atoms with van der Waals surface area (Å²) in [6.07, 6.45) is 6.39. The van der Waals surface area contributed by atoms with Crippen LogP contribution in [0.4, 0.5) is 9.18 Å². The number of halogens is 1. The Morgan fingerprint density at radius 1 is 1.16 bits per heavy atom. The van der Waals surface area contributed by atoms with Gasteiger partial charge in [-0.05, 0) is 79.9 Å². The third-order valence-corrected chi connectivity index (χ3v) is 12.8. The zero-order valence-electron chi connectivity index (χ0n) is 26.4. The molecule has 2 atom stereocenters. The van der Waals surface area contributed by atoms with E-state index >= 15 is 4.39 Å². The van der Waals surface area contributed by atoms with Gasteiger partial charge in [0.2, 0.25) is 0 Å². The molecule has 0 bridgehead atoms. The maximum atomic E-state index is 15.1. The van der Waals surface area contributed by atoms with Crippen LogP contribution in [-0.4, -0.2) is 58.3 Å². The minimum absolute atomic E-state index is 0.0129. The first-order valence-corrected chi connectivity index (χ1v) is 18.0. The van der Waals surface area contributed by atoms with Crippen molar-refractivity contribution < 1.29 is 27.8 Å². The maximum absolute atomic E-state index is 15.1. The van der Waals surface area contributed by atoms with Crippen LogP contribution in [0.5, 0.6) is 11.6 Å². The molecule has 5 rings (SSSR count). The molecule has 2 N–H and O–H groups in total. The van der Waals surface area contributed by atoms with Crippen LogP contribution in [-0.2, 0) is 20.4 Å². The van der Waals surface area contributed by atoms with E-state index in [-0.39, 0.29) is 30.3 Å². The molecule has 2 unspecified atom stereocenters. The molecule has 11 nitrogen and oxygen atoms in total. The quantitative estimate of drug-likeness (QED) is 0.176. The predicted molar refractivity (Wildman–Crippen MR) is 170 cm³/mol. The number of nitrogens with two attached hydrogens (primary N) is 1. The van der Waals surface area contributed by atoms with E-state index in [0.29, 0.717) is 23.6 Å². The van der Waals surface area contributed by atoms with E-state index in [1.165, 1.54) is 6.07 Å². The van der Waals surface area contributed by atoms with E-state index in [4.69, 9.17) is 24.4 Å². The lowest BCUT2D eigenvalue weighted by atomic mass is 10.1. The highest BCUT2D eigenvalue weighted by atomic mass is 28.4. The molecule has 1 saturated heterocycles. The van der Waals surface area contributed by atoms with Crippen LogP contribution in [0, 0.1) is 5.82 Å². The highest BCUT2D eigenvalue weighted by molar-refractivity contribution is 6.74. The van der Waals surface area contributed by atoms with Crippen molar-refractivity contribution in [3.63, 3.8) is 0 Å². The van der Waals surface area contributed by atoms with Crippen molar-refractivity contribution in [3.05, 3.63) is 66.9 Å². The third kappa shape index (κ3) is 7.96. The average Bonchev–Trinajstić information content (AvgIpc) is 3.67. The lowest BCUT2D eigenvalue weighted by Gasteiger charge is -2.37. The molecule has 1 fully saturated rings. The number of aromatic nitrogens is 5. The van der Waals surface area contributed by atoms with Crippen molar-refractivity contribution >= 4 is 14.4 Å². The number of carbonyl (C=O) groups is 1. The molecule has 4 heterocycles. The van der Waals surface area contributed by atoms with Gasteiger partial charge in [0, 0.05) is 36.3 Å². The lowest BCUT2D eigenvalue weighted by Crippen LogP contribution is -2.44. The number of ether oxygens (including phenoxy) is 3. The number of amides is 1. The molecule has 0 spiro atoms. The first kappa shape index (κ1) is 32.3. The number of rotatable bonds is 11. The Morgan fingerprint density at radius 2 is 1.93 bits per heavy atom. The second-order valence-electron chi connectivity index (χ2n) is 12.7. The summed E-state index contributed by atoms with van der Waals surface area (Å²) in [7, 11) is -2.05. The standard InChI is InChI=1S/C32H41FN6O5Si/c1-32(2,3)45(4,5)42-21-25(44-31(34)40)20-38-16-14-27(37-38)22-9-11-24(12-10-22)43-30-26(33)18-23(19-35-30)28-13-15-36-39(28)29-8-6-7-17-41-29/h9-16,18-19,25,29H,6-8,17,20-21H2,1-5H3,(H2,34,40). The molecule has 1 aromatic carbocycles. The molecule has 240 valence electrons. The Morgan fingerprint density at radius 3 is 2.60 bits per heavy atom. The van der Waals surface area contributed by atoms with Crippen LogP contribution in [0.3, 0.4) is 0 Å².